The Bertz CT molecular complexity index is 307. The van der Waals surface area contributed by atoms with E-state index in [-0.39, 0.29) is 6.42 Å². The molecule has 0 unspecified atom stereocenters. The third-order valence-corrected chi connectivity index (χ3v) is 2.75. The first-order chi connectivity index (χ1) is 5.59. The Morgan fingerprint density at radius 1 is 1.58 bits per heavy atom. The molecule has 1 aromatic rings. The lowest BCUT2D eigenvalue weighted by Gasteiger charge is -2.00. The monoisotopic (exact) mass is 276 g/mol. The SMILES string of the molecule is Cc1ccc(CC(=O)O)cc1I. The maximum atomic E-state index is 10.4. The van der Waals surface area contributed by atoms with Crippen LogP contribution >= 0.6 is 22.6 Å². The van der Waals surface area contributed by atoms with Crippen molar-refractivity contribution in [1.29, 1.82) is 0 Å². The second-order valence-corrected chi connectivity index (χ2v) is 3.82. The van der Waals surface area contributed by atoms with E-state index in [1.54, 1.807) is 0 Å². The number of carboxylic acid groups (broad SMARTS) is 1. The predicted octanol–water partition coefficient (Wildman–Crippen LogP) is 2.23. The fraction of sp³-hybridized carbons (Fsp3) is 0.222. The van der Waals surface area contributed by atoms with Crippen LogP contribution in [0.15, 0.2) is 18.2 Å². The van der Waals surface area contributed by atoms with Crippen molar-refractivity contribution in [3.63, 3.8) is 0 Å². The van der Waals surface area contributed by atoms with Crippen molar-refractivity contribution >= 4 is 28.6 Å². The molecule has 0 saturated heterocycles. The molecule has 0 atom stereocenters. The van der Waals surface area contributed by atoms with Gasteiger partial charge in [-0.25, -0.2) is 0 Å². The summed E-state index contributed by atoms with van der Waals surface area (Å²) in [7, 11) is 0. The normalized spacial score (nSPS) is 9.83. The third-order valence-electron chi connectivity index (χ3n) is 1.59. The van der Waals surface area contributed by atoms with Gasteiger partial charge >= 0.3 is 5.97 Å². The van der Waals surface area contributed by atoms with Crippen molar-refractivity contribution in [3.05, 3.63) is 32.9 Å². The van der Waals surface area contributed by atoms with Gasteiger partial charge < -0.3 is 5.11 Å². The lowest BCUT2D eigenvalue weighted by Crippen LogP contribution is -2.00. The fourth-order valence-corrected chi connectivity index (χ4v) is 1.50. The van der Waals surface area contributed by atoms with Gasteiger partial charge in [0, 0.05) is 3.57 Å². The standard InChI is InChI=1S/C9H9IO2/c1-6-2-3-7(4-8(6)10)5-9(11)12/h2-4H,5H2,1H3,(H,11,12). The zero-order valence-electron chi connectivity index (χ0n) is 6.67. The first-order valence-electron chi connectivity index (χ1n) is 3.56. The zero-order chi connectivity index (χ0) is 9.14. The van der Waals surface area contributed by atoms with Gasteiger partial charge in [0.25, 0.3) is 0 Å². The molecule has 0 aromatic heterocycles. The molecule has 0 heterocycles. The van der Waals surface area contributed by atoms with Gasteiger partial charge in [-0.1, -0.05) is 12.1 Å². The Balaban J connectivity index is 2.89. The van der Waals surface area contributed by atoms with E-state index in [0.29, 0.717) is 0 Å². The van der Waals surface area contributed by atoms with Crippen LogP contribution in [0.4, 0.5) is 0 Å². The van der Waals surface area contributed by atoms with E-state index < -0.39 is 5.97 Å². The van der Waals surface area contributed by atoms with E-state index in [1.165, 1.54) is 5.56 Å². The molecule has 12 heavy (non-hydrogen) atoms. The summed E-state index contributed by atoms with van der Waals surface area (Å²) in [4.78, 5) is 10.4. The molecule has 0 aliphatic carbocycles. The average molecular weight is 276 g/mol. The Labute approximate surface area is 84.7 Å². The second-order valence-electron chi connectivity index (χ2n) is 2.65. The van der Waals surface area contributed by atoms with Crippen LogP contribution in [0.5, 0.6) is 0 Å². The van der Waals surface area contributed by atoms with E-state index in [0.717, 1.165) is 9.13 Å². The van der Waals surface area contributed by atoms with Crippen molar-refractivity contribution in [3.8, 4) is 0 Å². The molecular weight excluding hydrogens is 267 g/mol. The molecule has 2 nitrogen and oxygen atoms in total. The quantitative estimate of drug-likeness (QED) is 0.841. The van der Waals surface area contributed by atoms with E-state index in [2.05, 4.69) is 22.6 Å². The molecule has 1 aromatic carbocycles. The number of rotatable bonds is 2. The summed E-state index contributed by atoms with van der Waals surface area (Å²) in [6.45, 7) is 2.01. The molecular formula is C9H9IO2. The van der Waals surface area contributed by atoms with Crippen LogP contribution in [0.2, 0.25) is 0 Å². The Kier molecular flexibility index (Phi) is 3.08. The van der Waals surface area contributed by atoms with E-state index in [9.17, 15) is 4.79 Å². The molecule has 0 radical (unpaired) electrons. The molecule has 0 fully saturated rings. The number of aryl methyl sites for hydroxylation is 1. The van der Waals surface area contributed by atoms with Crippen molar-refractivity contribution < 1.29 is 9.90 Å². The number of carbonyl (C=O) groups is 1. The lowest BCUT2D eigenvalue weighted by molar-refractivity contribution is -0.136. The molecule has 0 spiro atoms. The van der Waals surface area contributed by atoms with Gasteiger partial charge in [0.1, 0.15) is 0 Å². The van der Waals surface area contributed by atoms with Crippen molar-refractivity contribution in [2.45, 2.75) is 13.3 Å². The summed E-state index contributed by atoms with van der Waals surface area (Å²) in [5.41, 5.74) is 2.04. The van der Waals surface area contributed by atoms with Gasteiger partial charge in [0.2, 0.25) is 0 Å². The van der Waals surface area contributed by atoms with Crippen LogP contribution in [-0.2, 0) is 11.2 Å². The molecule has 0 amide bonds. The highest BCUT2D eigenvalue weighted by atomic mass is 127. The van der Waals surface area contributed by atoms with Crippen molar-refractivity contribution in [2.24, 2.45) is 0 Å². The van der Waals surface area contributed by atoms with Crippen LogP contribution < -0.4 is 0 Å². The molecule has 1 rings (SSSR count). The Hall–Kier alpha value is -0.580. The number of aliphatic carboxylic acids is 1. The van der Waals surface area contributed by atoms with Crippen molar-refractivity contribution in [2.75, 3.05) is 0 Å². The maximum absolute atomic E-state index is 10.4. The number of hydrogen-bond acceptors (Lipinski definition) is 1. The van der Waals surface area contributed by atoms with Crippen LogP contribution in [0.25, 0.3) is 0 Å². The minimum Gasteiger partial charge on any atom is -0.481 e. The number of benzene rings is 1. The molecule has 64 valence electrons. The van der Waals surface area contributed by atoms with Gasteiger partial charge in [-0.2, -0.15) is 0 Å². The molecule has 1 N–H and O–H groups in total. The highest BCUT2D eigenvalue weighted by molar-refractivity contribution is 14.1. The topological polar surface area (TPSA) is 37.3 Å². The van der Waals surface area contributed by atoms with Crippen LogP contribution in [0, 0.1) is 10.5 Å². The molecule has 0 bridgehead atoms. The Morgan fingerprint density at radius 3 is 2.75 bits per heavy atom. The van der Waals surface area contributed by atoms with Crippen LogP contribution in [0.1, 0.15) is 11.1 Å². The highest BCUT2D eigenvalue weighted by Crippen LogP contribution is 2.13. The van der Waals surface area contributed by atoms with Gasteiger partial charge in [-0.05, 0) is 46.7 Å². The number of carboxylic acids is 1. The molecule has 0 aliphatic rings. The minimum atomic E-state index is -0.783. The van der Waals surface area contributed by atoms with E-state index >= 15 is 0 Å². The minimum absolute atomic E-state index is 0.107. The smallest absolute Gasteiger partial charge is 0.307 e. The van der Waals surface area contributed by atoms with Gasteiger partial charge in [0.15, 0.2) is 0 Å². The van der Waals surface area contributed by atoms with Crippen LogP contribution in [0.3, 0.4) is 0 Å². The summed E-state index contributed by atoms with van der Waals surface area (Å²) < 4.78 is 1.12. The van der Waals surface area contributed by atoms with Gasteiger partial charge in [-0.15, -0.1) is 0 Å². The summed E-state index contributed by atoms with van der Waals surface area (Å²) in [5, 5.41) is 8.52. The fourth-order valence-electron chi connectivity index (χ4n) is 0.921. The highest BCUT2D eigenvalue weighted by Gasteiger charge is 2.01. The molecule has 3 heteroatoms. The first kappa shape index (κ1) is 9.51. The largest absolute Gasteiger partial charge is 0.481 e. The van der Waals surface area contributed by atoms with Gasteiger partial charge in [-0.3, -0.25) is 4.79 Å². The summed E-state index contributed by atoms with van der Waals surface area (Å²) in [6, 6.07) is 5.70. The summed E-state index contributed by atoms with van der Waals surface area (Å²) in [6.07, 6.45) is 0.107. The van der Waals surface area contributed by atoms with Gasteiger partial charge in [0.05, 0.1) is 6.42 Å². The van der Waals surface area contributed by atoms with E-state index in [4.69, 9.17) is 5.11 Å². The number of hydrogen-bond donors (Lipinski definition) is 1. The summed E-state index contributed by atoms with van der Waals surface area (Å²) >= 11 is 2.20. The van der Waals surface area contributed by atoms with Crippen LogP contribution in [-0.4, -0.2) is 11.1 Å². The third kappa shape index (κ3) is 2.48. The second kappa shape index (κ2) is 3.89. The Morgan fingerprint density at radius 2 is 2.25 bits per heavy atom. The van der Waals surface area contributed by atoms with E-state index in [1.807, 2.05) is 25.1 Å². The zero-order valence-corrected chi connectivity index (χ0v) is 8.83. The lowest BCUT2D eigenvalue weighted by atomic mass is 10.1. The average Bonchev–Trinajstić information content (AvgIpc) is 1.96. The predicted molar refractivity (Wildman–Crippen MR) is 55.2 cm³/mol. The maximum Gasteiger partial charge on any atom is 0.307 e. The first-order valence-corrected chi connectivity index (χ1v) is 4.64. The molecule has 0 saturated carbocycles. The van der Waals surface area contributed by atoms with Crippen molar-refractivity contribution in [1.82, 2.24) is 0 Å². The number of halogens is 1. The summed E-state index contributed by atoms with van der Waals surface area (Å²) in [5.74, 6) is -0.783. The molecule has 0 aliphatic heterocycles.